The summed E-state index contributed by atoms with van der Waals surface area (Å²) < 4.78 is 45.0. The van der Waals surface area contributed by atoms with E-state index in [4.69, 9.17) is 4.74 Å². The fourth-order valence-corrected chi connectivity index (χ4v) is 4.62. The number of halogens is 3. The molecule has 0 atom stereocenters. The first-order valence-corrected chi connectivity index (χ1v) is 13.1. The molecule has 4 aromatic rings. The van der Waals surface area contributed by atoms with E-state index in [1.807, 2.05) is 60.8 Å². The van der Waals surface area contributed by atoms with Crippen LogP contribution in [-0.4, -0.2) is 59.9 Å². The highest BCUT2D eigenvalue weighted by molar-refractivity contribution is 5.96. The Labute approximate surface area is 231 Å². The van der Waals surface area contributed by atoms with Gasteiger partial charge in [0.25, 0.3) is 5.91 Å². The SMILES string of the molecule is COCCCN(CC(=O)N(CCc1c[nH]c2ccccc12)Cc1ccccc1)C(=O)c1cccc(C(F)(F)F)c1. The lowest BCUT2D eigenvalue weighted by Crippen LogP contribution is -2.44. The Hall–Kier alpha value is -4.11. The molecule has 210 valence electrons. The van der Waals surface area contributed by atoms with E-state index in [2.05, 4.69) is 4.98 Å². The van der Waals surface area contributed by atoms with Crippen molar-refractivity contribution in [3.63, 3.8) is 0 Å². The minimum absolute atomic E-state index is 0.117. The van der Waals surface area contributed by atoms with Crippen LogP contribution in [0.4, 0.5) is 13.2 Å². The second kappa shape index (κ2) is 13.3. The molecular weight excluding hydrogens is 519 g/mol. The maximum absolute atomic E-state index is 13.7. The van der Waals surface area contributed by atoms with Gasteiger partial charge in [0.1, 0.15) is 6.54 Å². The summed E-state index contributed by atoms with van der Waals surface area (Å²) in [6.07, 6.45) is -1.62. The molecule has 0 bridgehead atoms. The van der Waals surface area contributed by atoms with Gasteiger partial charge < -0.3 is 19.5 Å². The van der Waals surface area contributed by atoms with Crippen LogP contribution in [0.3, 0.4) is 0 Å². The van der Waals surface area contributed by atoms with Crippen LogP contribution in [0.15, 0.2) is 85.1 Å². The monoisotopic (exact) mass is 551 g/mol. The molecule has 0 aliphatic carbocycles. The van der Waals surface area contributed by atoms with Crippen LogP contribution in [-0.2, 0) is 28.7 Å². The molecule has 40 heavy (non-hydrogen) atoms. The minimum Gasteiger partial charge on any atom is -0.385 e. The highest BCUT2D eigenvalue weighted by atomic mass is 19.4. The van der Waals surface area contributed by atoms with Gasteiger partial charge in [-0.25, -0.2) is 0 Å². The van der Waals surface area contributed by atoms with Gasteiger partial charge in [-0.3, -0.25) is 9.59 Å². The first kappa shape index (κ1) is 28.9. The zero-order valence-electron chi connectivity index (χ0n) is 22.3. The van der Waals surface area contributed by atoms with Crippen LogP contribution in [0.5, 0.6) is 0 Å². The Morgan fingerprint density at radius 3 is 2.40 bits per heavy atom. The number of alkyl halides is 3. The van der Waals surface area contributed by atoms with Crippen molar-refractivity contribution in [2.45, 2.75) is 25.6 Å². The Morgan fingerprint density at radius 1 is 0.900 bits per heavy atom. The van der Waals surface area contributed by atoms with E-state index >= 15 is 0 Å². The van der Waals surface area contributed by atoms with E-state index < -0.39 is 17.6 Å². The van der Waals surface area contributed by atoms with Gasteiger partial charge in [-0.05, 0) is 48.2 Å². The largest absolute Gasteiger partial charge is 0.416 e. The molecular formula is C31H32F3N3O3. The number of para-hydroxylation sites is 1. The number of nitrogens with one attached hydrogen (secondary N) is 1. The van der Waals surface area contributed by atoms with Crippen LogP contribution in [0.1, 0.15) is 33.5 Å². The molecule has 1 N–H and O–H groups in total. The van der Waals surface area contributed by atoms with Crippen LogP contribution in [0, 0.1) is 0 Å². The average molecular weight is 552 g/mol. The molecule has 0 spiro atoms. The number of ether oxygens (including phenoxy) is 1. The number of nitrogens with zero attached hydrogens (tertiary/aromatic N) is 2. The van der Waals surface area contributed by atoms with E-state index in [1.54, 1.807) is 4.90 Å². The topological polar surface area (TPSA) is 65.6 Å². The summed E-state index contributed by atoms with van der Waals surface area (Å²) in [4.78, 5) is 33.3. The number of aromatic amines is 1. The predicted octanol–water partition coefficient (Wildman–Crippen LogP) is 5.94. The molecule has 1 aromatic heterocycles. The number of aromatic nitrogens is 1. The third-order valence-corrected chi connectivity index (χ3v) is 6.72. The van der Waals surface area contributed by atoms with Crippen molar-refractivity contribution >= 4 is 22.7 Å². The van der Waals surface area contributed by atoms with E-state index in [9.17, 15) is 22.8 Å². The van der Waals surface area contributed by atoms with Crippen molar-refractivity contribution in [1.29, 1.82) is 0 Å². The van der Waals surface area contributed by atoms with Gasteiger partial charge in [0.2, 0.25) is 5.91 Å². The first-order valence-electron chi connectivity index (χ1n) is 13.1. The number of amides is 2. The normalized spacial score (nSPS) is 11.5. The number of hydrogen-bond donors (Lipinski definition) is 1. The molecule has 3 aromatic carbocycles. The van der Waals surface area contributed by atoms with Crippen molar-refractivity contribution in [1.82, 2.24) is 14.8 Å². The number of H-pyrrole nitrogens is 1. The average Bonchev–Trinajstić information content (AvgIpc) is 3.37. The summed E-state index contributed by atoms with van der Waals surface area (Å²) in [5.74, 6) is -0.923. The Kier molecular flexibility index (Phi) is 9.60. The fourth-order valence-electron chi connectivity index (χ4n) is 4.62. The molecule has 0 saturated carbocycles. The fraction of sp³-hybridized carbons (Fsp3) is 0.290. The number of hydrogen-bond acceptors (Lipinski definition) is 3. The maximum atomic E-state index is 13.7. The van der Waals surface area contributed by atoms with Crippen LogP contribution >= 0.6 is 0 Å². The lowest BCUT2D eigenvalue weighted by atomic mass is 10.1. The number of fused-ring (bicyclic) bond motifs is 1. The first-order chi connectivity index (χ1) is 19.3. The van der Waals surface area contributed by atoms with Crippen LogP contribution < -0.4 is 0 Å². The molecule has 0 fully saturated rings. The van der Waals surface area contributed by atoms with Crippen molar-refractivity contribution in [2.75, 3.05) is 33.4 Å². The number of benzene rings is 3. The van der Waals surface area contributed by atoms with E-state index in [0.717, 1.165) is 34.2 Å². The molecule has 6 nitrogen and oxygen atoms in total. The molecule has 2 amide bonds. The zero-order chi connectivity index (χ0) is 28.5. The number of methoxy groups -OCH3 is 1. The van der Waals surface area contributed by atoms with Gasteiger partial charge >= 0.3 is 6.18 Å². The summed E-state index contributed by atoms with van der Waals surface area (Å²) >= 11 is 0. The van der Waals surface area contributed by atoms with Crippen molar-refractivity contribution in [3.05, 3.63) is 107 Å². The summed E-state index contributed by atoms with van der Waals surface area (Å²) in [7, 11) is 1.52. The maximum Gasteiger partial charge on any atom is 0.416 e. The Balaban J connectivity index is 1.55. The highest BCUT2D eigenvalue weighted by Crippen LogP contribution is 2.30. The summed E-state index contributed by atoms with van der Waals surface area (Å²) in [5.41, 5.74) is 1.98. The van der Waals surface area contributed by atoms with Gasteiger partial charge in [0.15, 0.2) is 0 Å². The summed E-state index contributed by atoms with van der Waals surface area (Å²) in [6.45, 7) is 0.982. The van der Waals surface area contributed by atoms with Gasteiger partial charge in [-0.2, -0.15) is 13.2 Å². The predicted molar refractivity (Wildman–Crippen MR) is 148 cm³/mol. The summed E-state index contributed by atoms with van der Waals surface area (Å²) in [5, 5.41) is 1.08. The molecule has 0 aliphatic heterocycles. The lowest BCUT2D eigenvalue weighted by molar-refractivity contribution is -0.137. The number of carbonyl (C=O) groups is 2. The van der Waals surface area contributed by atoms with Gasteiger partial charge in [-0.15, -0.1) is 0 Å². The Morgan fingerprint density at radius 2 is 1.65 bits per heavy atom. The quantitative estimate of drug-likeness (QED) is 0.222. The highest BCUT2D eigenvalue weighted by Gasteiger charge is 2.31. The van der Waals surface area contributed by atoms with Crippen molar-refractivity contribution < 1.29 is 27.5 Å². The third kappa shape index (κ3) is 7.51. The lowest BCUT2D eigenvalue weighted by Gasteiger charge is -2.28. The molecule has 0 unspecified atom stereocenters. The van der Waals surface area contributed by atoms with Crippen LogP contribution in [0.25, 0.3) is 10.9 Å². The minimum atomic E-state index is -4.58. The smallest absolute Gasteiger partial charge is 0.385 e. The number of carbonyl (C=O) groups excluding carboxylic acids is 2. The molecule has 0 radical (unpaired) electrons. The van der Waals surface area contributed by atoms with Crippen LogP contribution in [0.2, 0.25) is 0 Å². The molecule has 0 aliphatic rings. The second-order valence-corrected chi connectivity index (χ2v) is 9.56. The second-order valence-electron chi connectivity index (χ2n) is 9.56. The van der Waals surface area contributed by atoms with Crippen molar-refractivity contribution in [2.24, 2.45) is 0 Å². The van der Waals surface area contributed by atoms with E-state index in [1.165, 1.54) is 24.1 Å². The molecule has 0 saturated heterocycles. The molecule has 9 heteroatoms. The van der Waals surface area contributed by atoms with E-state index in [0.29, 0.717) is 32.5 Å². The van der Waals surface area contributed by atoms with Gasteiger partial charge in [-0.1, -0.05) is 54.6 Å². The molecule has 4 rings (SSSR count). The Bertz CT molecular complexity index is 1420. The zero-order valence-corrected chi connectivity index (χ0v) is 22.3. The third-order valence-electron chi connectivity index (χ3n) is 6.72. The van der Waals surface area contributed by atoms with E-state index in [-0.39, 0.29) is 24.6 Å². The van der Waals surface area contributed by atoms with Gasteiger partial charge in [0.05, 0.1) is 5.56 Å². The standard InChI is InChI=1S/C31H32F3N3O3/c1-40-18-8-16-37(30(39)24-11-7-12-26(19-24)31(32,33)34)22-29(38)36(21-23-9-3-2-4-10-23)17-15-25-20-35-28-14-6-5-13-27(25)28/h2-7,9-14,19-20,35H,8,15-18,21-22H2,1H3. The number of rotatable bonds is 12. The van der Waals surface area contributed by atoms with Crippen molar-refractivity contribution in [3.8, 4) is 0 Å². The van der Waals surface area contributed by atoms with Gasteiger partial charge in [0, 0.05) is 56.0 Å². The summed E-state index contributed by atoms with van der Waals surface area (Å²) in [6, 6.07) is 21.8. The molecule has 1 heterocycles.